The van der Waals surface area contributed by atoms with E-state index in [0.717, 1.165) is 11.1 Å². The van der Waals surface area contributed by atoms with Gasteiger partial charge in [0.15, 0.2) is 6.20 Å². The average molecular weight is 527 g/mol. The number of hydrogen-bond donors (Lipinski definition) is 3. The highest BCUT2D eigenvalue weighted by Gasteiger charge is 2.54. The number of benzene rings is 1. The monoisotopic (exact) mass is 526 g/mol. The Labute approximate surface area is 214 Å². The van der Waals surface area contributed by atoms with Crippen LogP contribution in [0.1, 0.15) is 29.0 Å². The molecule has 3 amide bonds. The molecule has 0 bridgehead atoms. The molecule has 2 aliphatic heterocycles. The first-order chi connectivity index (χ1) is 17.7. The molecule has 3 N–H and O–H groups in total. The number of β-lactam (4-membered cyclic amide) rings is 1. The minimum atomic E-state index is -1.35. The summed E-state index contributed by atoms with van der Waals surface area (Å²) in [6.45, 7) is 0.926. The zero-order valence-corrected chi connectivity index (χ0v) is 20.3. The lowest BCUT2D eigenvalue weighted by molar-refractivity contribution is -0.607. The number of aromatic nitrogens is 1. The number of carbonyl (C=O) groups is 5. The number of thioether (sulfide) groups is 1. The topological polar surface area (TPSA) is 169 Å². The van der Waals surface area contributed by atoms with Crippen molar-refractivity contribution >= 4 is 41.4 Å². The van der Waals surface area contributed by atoms with Gasteiger partial charge in [0.2, 0.25) is 5.91 Å². The van der Waals surface area contributed by atoms with E-state index < -0.39 is 47.1 Å². The molecule has 0 aliphatic carbocycles. The fourth-order valence-corrected chi connectivity index (χ4v) is 5.30. The summed E-state index contributed by atoms with van der Waals surface area (Å²) in [5.74, 6) is -3.92. The number of hydrogen-bond acceptors (Lipinski definition) is 8. The van der Waals surface area contributed by atoms with Crippen LogP contribution in [0.2, 0.25) is 0 Å². The highest BCUT2D eigenvalue weighted by atomic mass is 32.2. The number of carboxylic acid groups (broad SMARTS) is 1. The fourth-order valence-electron chi connectivity index (χ4n) is 3.97. The van der Waals surface area contributed by atoms with Gasteiger partial charge in [0.1, 0.15) is 29.8 Å². The predicted octanol–water partition coefficient (Wildman–Crippen LogP) is 0.0928. The summed E-state index contributed by atoms with van der Waals surface area (Å²) in [6, 6.07) is 10.3. The van der Waals surface area contributed by atoms with Crippen molar-refractivity contribution in [1.29, 1.82) is 0 Å². The summed E-state index contributed by atoms with van der Waals surface area (Å²) in [5, 5.41) is 26.1. The third-order valence-electron chi connectivity index (χ3n) is 5.72. The van der Waals surface area contributed by atoms with Crippen molar-refractivity contribution in [2.45, 2.75) is 24.4 Å². The maximum absolute atomic E-state index is 13.3. The van der Waals surface area contributed by atoms with E-state index in [1.807, 2.05) is 0 Å². The Morgan fingerprint density at radius 1 is 1.19 bits per heavy atom. The van der Waals surface area contributed by atoms with E-state index in [4.69, 9.17) is 4.74 Å². The summed E-state index contributed by atoms with van der Waals surface area (Å²) in [5.41, 5.74) is 0.181. The summed E-state index contributed by atoms with van der Waals surface area (Å²) in [7, 11) is 0. The molecule has 0 spiro atoms. The maximum Gasteiger partial charge on any atom is 0.352 e. The second kappa shape index (κ2) is 10.7. The summed E-state index contributed by atoms with van der Waals surface area (Å²) < 4.78 is 5.28. The number of amides is 3. The van der Waals surface area contributed by atoms with Crippen LogP contribution in [-0.2, 0) is 23.9 Å². The van der Waals surface area contributed by atoms with Crippen LogP contribution < -0.4 is 15.4 Å². The van der Waals surface area contributed by atoms with Gasteiger partial charge in [-0.15, -0.1) is 11.8 Å². The molecular formula is C24H22N4O8S. The van der Waals surface area contributed by atoms with Crippen LogP contribution in [0, 0.1) is 5.21 Å². The Morgan fingerprint density at radius 2 is 1.89 bits per heavy atom. The molecule has 1 aromatic heterocycles. The van der Waals surface area contributed by atoms with Crippen molar-refractivity contribution in [3.63, 3.8) is 0 Å². The molecule has 13 heteroatoms. The number of aliphatic carboxylic acids is 1. The van der Waals surface area contributed by atoms with Crippen molar-refractivity contribution in [3.05, 3.63) is 82.5 Å². The van der Waals surface area contributed by atoms with E-state index in [1.54, 1.807) is 30.3 Å². The van der Waals surface area contributed by atoms with Crippen LogP contribution in [0.3, 0.4) is 0 Å². The number of nitrogens with zero attached hydrogens (tertiary/aromatic N) is 2. The van der Waals surface area contributed by atoms with E-state index in [-0.39, 0.29) is 29.3 Å². The zero-order chi connectivity index (χ0) is 26.7. The quantitative estimate of drug-likeness (QED) is 0.187. The fraction of sp³-hybridized carbons (Fsp3) is 0.250. The molecule has 12 nitrogen and oxygen atoms in total. The molecule has 1 fully saturated rings. The lowest BCUT2D eigenvalue weighted by atomic mass is 10.0. The molecule has 4 rings (SSSR count). The van der Waals surface area contributed by atoms with Gasteiger partial charge in [0, 0.05) is 30.4 Å². The molecule has 1 unspecified atom stereocenters. The van der Waals surface area contributed by atoms with Gasteiger partial charge in [0.05, 0.1) is 0 Å². The largest absolute Gasteiger partial charge is 0.618 e. The molecule has 1 aromatic carbocycles. The van der Waals surface area contributed by atoms with Crippen molar-refractivity contribution in [3.8, 4) is 0 Å². The van der Waals surface area contributed by atoms with Crippen molar-refractivity contribution < 1.29 is 38.5 Å². The minimum Gasteiger partial charge on any atom is -0.618 e. The standard InChI is InChI=1S/C24H22N4O8S/c1-13(29)36-11-15-12-37-23-18(22(32)28(23)19(15)24(33)34)26-21(31)17(14-7-3-2-4-8-14)25-20(30)16-9-5-6-10-27(16)35/h2-10,17-18,23H,11-12H2,1H3,(H,25,30)(H,26,31)(H,33,34)/t17?,18-,23-/m1/s1. The Bertz CT molecular complexity index is 1300. The van der Waals surface area contributed by atoms with Crippen LogP contribution in [0.4, 0.5) is 0 Å². The number of fused-ring (bicyclic) bond motifs is 1. The van der Waals surface area contributed by atoms with Gasteiger partial charge in [-0.05, 0) is 11.6 Å². The first kappa shape index (κ1) is 25.7. The van der Waals surface area contributed by atoms with Gasteiger partial charge >= 0.3 is 17.8 Å². The van der Waals surface area contributed by atoms with Crippen LogP contribution in [0.15, 0.2) is 66.0 Å². The minimum absolute atomic E-state index is 0.173. The third-order valence-corrected chi connectivity index (χ3v) is 7.06. The molecule has 0 radical (unpaired) electrons. The average Bonchev–Trinajstić information content (AvgIpc) is 2.88. The molecule has 0 saturated carbocycles. The van der Waals surface area contributed by atoms with Gasteiger partial charge in [-0.2, -0.15) is 4.73 Å². The number of nitrogens with one attached hydrogen (secondary N) is 2. The Hall–Kier alpha value is -4.39. The van der Waals surface area contributed by atoms with Crippen molar-refractivity contribution in [1.82, 2.24) is 15.5 Å². The van der Waals surface area contributed by atoms with Gasteiger partial charge in [-0.1, -0.05) is 30.3 Å². The maximum atomic E-state index is 13.3. The summed E-state index contributed by atoms with van der Waals surface area (Å²) in [4.78, 5) is 63.1. The first-order valence-corrected chi connectivity index (χ1v) is 12.1. The van der Waals surface area contributed by atoms with E-state index in [0.29, 0.717) is 10.3 Å². The van der Waals surface area contributed by atoms with Crippen LogP contribution >= 0.6 is 11.8 Å². The number of carbonyl (C=O) groups excluding carboxylic acids is 4. The van der Waals surface area contributed by atoms with Gasteiger partial charge in [-0.3, -0.25) is 24.1 Å². The summed E-state index contributed by atoms with van der Waals surface area (Å²) >= 11 is 1.21. The second-order valence-electron chi connectivity index (χ2n) is 8.16. The number of esters is 1. The molecule has 37 heavy (non-hydrogen) atoms. The molecule has 3 atom stereocenters. The van der Waals surface area contributed by atoms with Gasteiger partial charge in [0.25, 0.3) is 11.6 Å². The molecule has 2 aromatic rings. The Balaban J connectivity index is 1.53. The number of pyridine rings is 1. The van der Waals surface area contributed by atoms with Crippen LogP contribution in [0.5, 0.6) is 0 Å². The highest BCUT2D eigenvalue weighted by Crippen LogP contribution is 2.40. The predicted molar refractivity (Wildman–Crippen MR) is 128 cm³/mol. The molecular weight excluding hydrogens is 504 g/mol. The van der Waals surface area contributed by atoms with Crippen molar-refractivity contribution in [2.24, 2.45) is 0 Å². The second-order valence-corrected chi connectivity index (χ2v) is 9.27. The third kappa shape index (κ3) is 5.26. The Kier molecular flexibility index (Phi) is 7.43. The SMILES string of the molecule is CC(=O)OCC1=C(C(=O)O)N2C(=O)[C@@H](NC(=O)C(NC(=O)c3cccc[n+]3[O-])c3ccccc3)[C@H]2SC1. The van der Waals surface area contributed by atoms with Crippen LogP contribution in [0.25, 0.3) is 0 Å². The van der Waals surface area contributed by atoms with Gasteiger partial charge in [-0.25, -0.2) is 4.79 Å². The van der Waals surface area contributed by atoms with E-state index in [9.17, 15) is 34.3 Å². The lowest BCUT2D eigenvalue weighted by Crippen LogP contribution is -2.71. The van der Waals surface area contributed by atoms with E-state index in [1.165, 1.54) is 36.9 Å². The number of rotatable bonds is 8. The smallest absolute Gasteiger partial charge is 0.352 e. The zero-order valence-electron chi connectivity index (χ0n) is 19.5. The van der Waals surface area contributed by atoms with E-state index in [2.05, 4.69) is 10.6 Å². The van der Waals surface area contributed by atoms with Crippen LogP contribution in [-0.4, -0.2) is 63.4 Å². The molecule has 1 saturated heterocycles. The number of carboxylic acids is 1. The van der Waals surface area contributed by atoms with E-state index >= 15 is 0 Å². The lowest BCUT2D eigenvalue weighted by Gasteiger charge is -2.49. The number of ether oxygens (including phenoxy) is 1. The molecule has 2 aliphatic rings. The van der Waals surface area contributed by atoms with Crippen molar-refractivity contribution in [2.75, 3.05) is 12.4 Å². The summed E-state index contributed by atoms with van der Waals surface area (Å²) in [6.07, 6.45) is 1.15. The Morgan fingerprint density at radius 3 is 2.54 bits per heavy atom. The molecule has 3 heterocycles. The highest BCUT2D eigenvalue weighted by molar-refractivity contribution is 8.00. The van der Waals surface area contributed by atoms with Gasteiger partial charge < -0.3 is 25.7 Å². The first-order valence-electron chi connectivity index (χ1n) is 11.1. The normalized spacial score (nSPS) is 19.3. The molecule has 192 valence electrons.